The second kappa shape index (κ2) is 14.6. The van der Waals surface area contributed by atoms with Gasteiger partial charge in [0.1, 0.15) is 0 Å². The first-order chi connectivity index (χ1) is 13.9. The molecule has 1 aromatic rings. The molecule has 3 heterocycles. The van der Waals surface area contributed by atoms with Crippen molar-refractivity contribution in [3.8, 4) is 0 Å². The predicted octanol–water partition coefficient (Wildman–Crippen LogP) is 3.17. The van der Waals surface area contributed by atoms with Gasteiger partial charge in [-0.25, -0.2) is 0 Å². The normalized spacial score (nSPS) is 19.7. The van der Waals surface area contributed by atoms with Crippen LogP contribution >= 0.6 is 35.3 Å². The van der Waals surface area contributed by atoms with Crippen LogP contribution in [0.1, 0.15) is 43.5 Å². The molecular formula is C21H38IN5OS. The van der Waals surface area contributed by atoms with Gasteiger partial charge in [0, 0.05) is 31.1 Å². The van der Waals surface area contributed by atoms with Crippen molar-refractivity contribution in [2.75, 3.05) is 65.6 Å². The van der Waals surface area contributed by atoms with Crippen LogP contribution in [0.3, 0.4) is 0 Å². The number of halogens is 1. The molecule has 0 aliphatic carbocycles. The number of unbranched alkanes of at least 4 members (excludes halogenated alkanes) is 1. The third kappa shape index (κ3) is 8.69. The van der Waals surface area contributed by atoms with Crippen molar-refractivity contribution in [1.29, 1.82) is 0 Å². The Hall–Kier alpha value is -0.420. The van der Waals surface area contributed by atoms with Crippen molar-refractivity contribution in [3.05, 3.63) is 22.4 Å². The van der Waals surface area contributed by atoms with Crippen molar-refractivity contribution in [3.63, 3.8) is 0 Å². The lowest BCUT2D eigenvalue weighted by molar-refractivity contribution is 0.0186. The second-order valence-corrected chi connectivity index (χ2v) is 8.56. The van der Waals surface area contributed by atoms with Crippen LogP contribution in [0.25, 0.3) is 0 Å². The Morgan fingerprint density at radius 1 is 1.17 bits per heavy atom. The van der Waals surface area contributed by atoms with Crippen molar-refractivity contribution in [2.45, 2.75) is 38.6 Å². The molecule has 3 rings (SSSR count). The maximum atomic E-state index is 5.54. The number of aliphatic imine (C=N–C) groups is 1. The molecule has 2 N–H and O–H groups in total. The Morgan fingerprint density at radius 3 is 2.66 bits per heavy atom. The molecule has 29 heavy (non-hydrogen) atoms. The summed E-state index contributed by atoms with van der Waals surface area (Å²) in [4.78, 5) is 11.4. The maximum Gasteiger partial charge on any atom is 0.191 e. The van der Waals surface area contributed by atoms with E-state index >= 15 is 0 Å². The Kier molecular flexibility index (Phi) is 12.5. The van der Waals surface area contributed by atoms with Crippen LogP contribution in [0.5, 0.6) is 0 Å². The fourth-order valence-electron chi connectivity index (χ4n) is 3.95. The lowest BCUT2D eigenvalue weighted by atomic mass is 10.2. The summed E-state index contributed by atoms with van der Waals surface area (Å²) < 4.78 is 5.54. The first kappa shape index (κ1) is 24.8. The standard InChI is InChI=1S/C21H37N5OS.HI/c1-2-22-21(23-9-3-4-10-25-11-5-6-12-25)24-18-19(20-8-7-17-28-20)26-13-15-27-16-14-26;/h7-8,17,19H,2-6,9-16,18H2,1H3,(H2,22,23,24);1H. The van der Waals surface area contributed by atoms with Crippen LogP contribution in [0.4, 0.5) is 0 Å². The minimum absolute atomic E-state index is 0. The number of hydrogen-bond acceptors (Lipinski definition) is 5. The van der Waals surface area contributed by atoms with Gasteiger partial charge in [0.2, 0.25) is 0 Å². The molecule has 1 aromatic heterocycles. The summed E-state index contributed by atoms with van der Waals surface area (Å²) in [6.45, 7) is 12.2. The van der Waals surface area contributed by atoms with Gasteiger partial charge in [0.15, 0.2) is 5.96 Å². The molecule has 1 unspecified atom stereocenters. The Bertz CT molecular complexity index is 559. The fraction of sp³-hybridized carbons (Fsp3) is 0.762. The molecule has 0 radical (unpaired) electrons. The lowest BCUT2D eigenvalue weighted by Crippen LogP contribution is -2.41. The number of guanidine groups is 1. The number of nitrogens with zero attached hydrogens (tertiary/aromatic N) is 3. The predicted molar refractivity (Wildman–Crippen MR) is 134 cm³/mol. The number of thiophene rings is 1. The molecule has 6 nitrogen and oxygen atoms in total. The molecule has 1 atom stereocenters. The van der Waals surface area contributed by atoms with Gasteiger partial charge >= 0.3 is 0 Å². The van der Waals surface area contributed by atoms with Gasteiger partial charge in [0.25, 0.3) is 0 Å². The Labute approximate surface area is 197 Å². The Morgan fingerprint density at radius 2 is 1.97 bits per heavy atom. The number of likely N-dealkylation sites (tertiary alicyclic amines) is 1. The van der Waals surface area contributed by atoms with Gasteiger partial charge in [0.05, 0.1) is 25.8 Å². The number of hydrogen-bond donors (Lipinski definition) is 2. The quantitative estimate of drug-likeness (QED) is 0.209. The zero-order chi connectivity index (χ0) is 19.4. The van der Waals surface area contributed by atoms with Gasteiger partial charge in [-0.1, -0.05) is 6.07 Å². The van der Waals surface area contributed by atoms with Gasteiger partial charge in [-0.15, -0.1) is 35.3 Å². The summed E-state index contributed by atoms with van der Waals surface area (Å²) >= 11 is 1.83. The van der Waals surface area contributed by atoms with E-state index < -0.39 is 0 Å². The van der Waals surface area contributed by atoms with Crippen molar-refractivity contribution in [2.24, 2.45) is 4.99 Å². The molecule has 0 saturated carbocycles. The van der Waals surface area contributed by atoms with Crippen molar-refractivity contribution >= 4 is 41.3 Å². The first-order valence-corrected chi connectivity index (χ1v) is 11.8. The summed E-state index contributed by atoms with van der Waals surface area (Å²) in [7, 11) is 0. The monoisotopic (exact) mass is 535 g/mol. The molecule has 8 heteroatoms. The molecule has 0 amide bonds. The molecule has 0 spiro atoms. The average Bonchev–Trinajstić information content (AvgIpc) is 3.43. The summed E-state index contributed by atoms with van der Waals surface area (Å²) in [5, 5.41) is 9.10. The third-order valence-electron chi connectivity index (χ3n) is 5.52. The second-order valence-electron chi connectivity index (χ2n) is 7.58. The van der Waals surface area contributed by atoms with Crippen LogP contribution in [0.15, 0.2) is 22.5 Å². The van der Waals surface area contributed by atoms with Crippen molar-refractivity contribution in [1.82, 2.24) is 20.4 Å². The van der Waals surface area contributed by atoms with E-state index in [4.69, 9.17) is 9.73 Å². The van der Waals surface area contributed by atoms with Gasteiger partial charge in [-0.05, 0) is 63.7 Å². The van der Waals surface area contributed by atoms with E-state index in [1.54, 1.807) is 0 Å². The fourth-order valence-corrected chi connectivity index (χ4v) is 4.80. The molecule has 2 aliphatic rings. The summed E-state index contributed by atoms with van der Waals surface area (Å²) in [6.07, 6.45) is 5.21. The Balaban J connectivity index is 0.00000300. The summed E-state index contributed by atoms with van der Waals surface area (Å²) in [5.74, 6) is 0.943. The zero-order valence-corrected chi connectivity index (χ0v) is 20.9. The van der Waals surface area contributed by atoms with E-state index in [0.717, 1.165) is 51.9 Å². The minimum Gasteiger partial charge on any atom is -0.379 e. The number of nitrogens with one attached hydrogen (secondary N) is 2. The van der Waals surface area contributed by atoms with E-state index in [0.29, 0.717) is 6.04 Å². The topological polar surface area (TPSA) is 52.1 Å². The maximum absolute atomic E-state index is 5.54. The van der Waals surface area contributed by atoms with Crippen LogP contribution < -0.4 is 10.6 Å². The smallest absolute Gasteiger partial charge is 0.191 e. The van der Waals surface area contributed by atoms with Gasteiger partial charge in [-0.3, -0.25) is 9.89 Å². The van der Waals surface area contributed by atoms with Gasteiger partial charge in [-0.2, -0.15) is 0 Å². The largest absolute Gasteiger partial charge is 0.379 e. The van der Waals surface area contributed by atoms with Gasteiger partial charge < -0.3 is 20.3 Å². The molecule has 2 fully saturated rings. The number of morpholine rings is 1. The van der Waals surface area contributed by atoms with E-state index in [-0.39, 0.29) is 24.0 Å². The lowest BCUT2D eigenvalue weighted by Gasteiger charge is -2.33. The van der Waals surface area contributed by atoms with Crippen LogP contribution in [-0.4, -0.2) is 81.3 Å². The molecule has 0 aromatic carbocycles. The SMILES string of the molecule is CCNC(=NCC(c1cccs1)N1CCOCC1)NCCCCN1CCCC1.I. The summed E-state index contributed by atoms with van der Waals surface area (Å²) in [5.41, 5.74) is 0. The van der Waals surface area contributed by atoms with Crippen LogP contribution in [0, 0.1) is 0 Å². The van der Waals surface area contributed by atoms with E-state index in [2.05, 4.69) is 44.9 Å². The van der Waals surface area contributed by atoms with Crippen LogP contribution in [0.2, 0.25) is 0 Å². The third-order valence-corrected chi connectivity index (χ3v) is 6.49. The molecule has 2 saturated heterocycles. The van der Waals surface area contributed by atoms with Crippen LogP contribution in [-0.2, 0) is 4.74 Å². The number of ether oxygens (including phenoxy) is 1. The number of rotatable bonds is 10. The minimum atomic E-state index is 0. The molecule has 0 bridgehead atoms. The van der Waals surface area contributed by atoms with E-state index in [1.807, 2.05) is 11.3 Å². The van der Waals surface area contributed by atoms with E-state index in [9.17, 15) is 0 Å². The highest BCUT2D eigenvalue weighted by Crippen LogP contribution is 2.26. The van der Waals surface area contributed by atoms with E-state index in [1.165, 1.54) is 50.2 Å². The molecular weight excluding hydrogens is 497 g/mol. The molecule has 2 aliphatic heterocycles. The highest BCUT2D eigenvalue weighted by atomic mass is 127. The molecule has 166 valence electrons. The first-order valence-electron chi connectivity index (χ1n) is 11.0. The summed E-state index contributed by atoms with van der Waals surface area (Å²) in [6, 6.07) is 4.72. The highest BCUT2D eigenvalue weighted by Gasteiger charge is 2.23. The zero-order valence-electron chi connectivity index (χ0n) is 17.8. The van der Waals surface area contributed by atoms with Crippen molar-refractivity contribution < 1.29 is 4.74 Å². The highest BCUT2D eigenvalue weighted by molar-refractivity contribution is 14.0. The average molecular weight is 536 g/mol.